The van der Waals surface area contributed by atoms with Crippen molar-refractivity contribution in [2.45, 2.75) is 26.9 Å². The van der Waals surface area contributed by atoms with E-state index >= 15 is 0 Å². The van der Waals surface area contributed by atoms with Crippen LogP contribution >= 0.6 is 24.8 Å². The van der Waals surface area contributed by atoms with Crippen LogP contribution in [0.15, 0.2) is 0 Å². The molecule has 0 aromatic carbocycles. The van der Waals surface area contributed by atoms with Crippen LogP contribution in [0.4, 0.5) is 0 Å². The number of rotatable bonds is 0. The molecule has 4 heteroatoms. The molecule has 0 fully saturated rings. The molecule has 0 heterocycles. The summed E-state index contributed by atoms with van der Waals surface area (Å²) >= 11 is 0. The van der Waals surface area contributed by atoms with E-state index in [2.05, 4.69) is 0 Å². The largest absolute Gasteiger partial charge is 0.316 e. The van der Waals surface area contributed by atoms with Gasteiger partial charge in [0.1, 0.15) is 0 Å². The number of hydrogen-bond donors (Lipinski definition) is 2. The fourth-order valence-electron chi connectivity index (χ4n) is 0. The standard InChI is InChI=1S/C5H14N2.2ClH/c1-5(2,3)4(6)7;;/h4H,6-7H2,1-3H3;2*1H. The monoisotopic (exact) mass is 174 g/mol. The molecule has 0 bridgehead atoms. The lowest BCUT2D eigenvalue weighted by atomic mass is 9.94. The highest BCUT2D eigenvalue weighted by Gasteiger charge is 2.14. The smallest absolute Gasteiger partial charge is 0.0570 e. The molecule has 0 aromatic heterocycles. The van der Waals surface area contributed by atoms with Gasteiger partial charge in [-0.2, -0.15) is 0 Å². The highest BCUT2D eigenvalue weighted by molar-refractivity contribution is 5.85. The predicted octanol–water partition coefficient (Wildman–Crippen LogP) is 1.12. The van der Waals surface area contributed by atoms with Crippen LogP contribution in [0.3, 0.4) is 0 Å². The van der Waals surface area contributed by atoms with E-state index in [0.717, 1.165) is 0 Å². The van der Waals surface area contributed by atoms with Crippen LogP contribution in [0.5, 0.6) is 0 Å². The fourth-order valence-corrected chi connectivity index (χ4v) is 0. The zero-order valence-corrected chi connectivity index (χ0v) is 7.68. The van der Waals surface area contributed by atoms with E-state index in [1.807, 2.05) is 20.8 Å². The van der Waals surface area contributed by atoms with Crippen LogP contribution in [0.25, 0.3) is 0 Å². The van der Waals surface area contributed by atoms with Crippen LogP contribution in [0.1, 0.15) is 20.8 Å². The van der Waals surface area contributed by atoms with Gasteiger partial charge in [0.05, 0.1) is 6.17 Å². The molecule has 9 heavy (non-hydrogen) atoms. The molecule has 60 valence electrons. The molecule has 0 aliphatic rings. The Morgan fingerprint density at radius 1 is 1.00 bits per heavy atom. The van der Waals surface area contributed by atoms with Crippen LogP contribution in [-0.4, -0.2) is 6.17 Å². The third-order valence-electron chi connectivity index (χ3n) is 1.00. The fraction of sp³-hybridized carbons (Fsp3) is 1.00. The zero-order valence-electron chi connectivity index (χ0n) is 6.05. The van der Waals surface area contributed by atoms with Gasteiger partial charge in [0.15, 0.2) is 0 Å². The SMILES string of the molecule is CC(C)(C)C(N)N.Cl.Cl. The van der Waals surface area contributed by atoms with Crippen molar-refractivity contribution in [2.24, 2.45) is 16.9 Å². The summed E-state index contributed by atoms with van der Waals surface area (Å²) in [6.45, 7) is 6.03. The van der Waals surface area contributed by atoms with Crippen LogP contribution in [-0.2, 0) is 0 Å². The minimum absolute atomic E-state index is 0. The van der Waals surface area contributed by atoms with Crippen LogP contribution in [0.2, 0.25) is 0 Å². The Bertz CT molecular complexity index is 58.5. The van der Waals surface area contributed by atoms with Crippen LogP contribution in [0, 0.1) is 5.41 Å². The number of hydrogen-bond acceptors (Lipinski definition) is 2. The molecule has 0 radical (unpaired) electrons. The molecule has 0 saturated carbocycles. The maximum Gasteiger partial charge on any atom is 0.0570 e. The highest BCUT2D eigenvalue weighted by atomic mass is 35.5. The van der Waals surface area contributed by atoms with Crippen molar-refractivity contribution in [2.75, 3.05) is 0 Å². The highest BCUT2D eigenvalue weighted by Crippen LogP contribution is 2.12. The van der Waals surface area contributed by atoms with Crippen molar-refractivity contribution >= 4 is 24.8 Å². The van der Waals surface area contributed by atoms with Gasteiger partial charge >= 0.3 is 0 Å². The van der Waals surface area contributed by atoms with Crippen molar-refractivity contribution in [1.82, 2.24) is 0 Å². The first kappa shape index (κ1) is 16.2. The predicted molar refractivity (Wildman–Crippen MR) is 46.1 cm³/mol. The van der Waals surface area contributed by atoms with E-state index in [0.29, 0.717) is 0 Å². The van der Waals surface area contributed by atoms with Gasteiger partial charge in [-0.05, 0) is 5.41 Å². The van der Waals surface area contributed by atoms with E-state index in [9.17, 15) is 0 Å². The molecule has 2 nitrogen and oxygen atoms in total. The van der Waals surface area contributed by atoms with Gasteiger partial charge in [-0.3, -0.25) is 0 Å². The third kappa shape index (κ3) is 8.50. The van der Waals surface area contributed by atoms with Crippen LogP contribution < -0.4 is 11.5 Å². The molecule has 0 saturated heterocycles. The summed E-state index contributed by atoms with van der Waals surface area (Å²) in [5, 5.41) is 0. The summed E-state index contributed by atoms with van der Waals surface area (Å²) < 4.78 is 0. The van der Waals surface area contributed by atoms with Crippen molar-refractivity contribution in [3.8, 4) is 0 Å². The van der Waals surface area contributed by atoms with Crippen molar-refractivity contribution in [3.63, 3.8) is 0 Å². The van der Waals surface area contributed by atoms with E-state index < -0.39 is 0 Å². The van der Waals surface area contributed by atoms with Gasteiger partial charge in [0, 0.05) is 0 Å². The molecule has 0 atom stereocenters. The second-order valence-corrected chi connectivity index (χ2v) is 2.89. The van der Waals surface area contributed by atoms with E-state index in [-0.39, 0.29) is 36.4 Å². The molecule has 0 spiro atoms. The minimum Gasteiger partial charge on any atom is -0.316 e. The Morgan fingerprint density at radius 2 is 1.11 bits per heavy atom. The molecule has 0 aliphatic carbocycles. The quantitative estimate of drug-likeness (QED) is 0.542. The summed E-state index contributed by atoms with van der Waals surface area (Å²) in [4.78, 5) is 0. The van der Waals surface area contributed by atoms with Crippen molar-refractivity contribution in [3.05, 3.63) is 0 Å². The topological polar surface area (TPSA) is 52.0 Å². The maximum atomic E-state index is 5.35. The summed E-state index contributed by atoms with van der Waals surface area (Å²) in [7, 11) is 0. The summed E-state index contributed by atoms with van der Waals surface area (Å²) in [6, 6.07) is 0. The second-order valence-electron chi connectivity index (χ2n) is 2.89. The lowest BCUT2D eigenvalue weighted by Crippen LogP contribution is -2.42. The molecule has 0 amide bonds. The normalized spacial score (nSPS) is 10.0. The first-order valence-corrected chi connectivity index (χ1v) is 2.46. The molecule has 0 aromatic rings. The minimum atomic E-state index is -0.201. The average molecular weight is 175 g/mol. The van der Waals surface area contributed by atoms with Crippen molar-refractivity contribution in [1.29, 1.82) is 0 Å². The van der Waals surface area contributed by atoms with Gasteiger partial charge in [-0.25, -0.2) is 0 Å². The molecular formula is C5H16Cl2N2. The molecule has 0 aliphatic heterocycles. The Kier molecular flexibility index (Phi) is 9.56. The molecule has 4 N–H and O–H groups in total. The molecular weight excluding hydrogens is 159 g/mol. The number of nitrogens with two attached hydrogens (primary N) is 2. The second kappa shape index (κ2) is 5.30. The van der Waals surface area contributed by atoms with E-state index in [1.54, 1.807) is 0 Å². The molecule has 0 unspecified atom stereocenters. The Hall–Kier alpha value is 0.500. The maximum absolute atomic E-state index is 5.35. The first-order chi connectivity index (χ1) is 2.94. The van der Waals surface area contributed by atoms with Gasteiger partial charge in [0.2, 0.25) is 0 Å². The molecule has 0 rings (SSSR count). The Balaban J connectivity index is -0.000000180. The summed E-state index contributed by atoms with van der Waals surface area (Å²) in [6.07, 6.45) is -0.201. The summed E-state index contributed by atoms with van der Waals surface area (Å²) in [5.41, 5.74) is 10.8. The van der Waals surface area contributed by atoms with Crippen molar-refractivity contribution < 1.29 is 0 Å². The number of halogens is 2. The van der Waals surface area contributed by atoms with Gasteiger partial charge in [-0.1, -0.05) is 20.8 Å². The lowest BCUT2D eigenvalue weighted by Gasteiger charge is -2.22. The van der Waals surface area contributed by atoms with E-state index in [4.69, 9.17) is 11.5 Å². The zero-order chi connectivity index (χ0) is 6.08. The van der Waals surface area contributed by atoms with Gasteiger partial charge in [-0.15, -0.1) is 24.8 Å². The Labute approximate surface area is 69.2 Å². The van der Waals surface area contributed by atoms with Gasteiger partial charge < -0.3 is 11.5 Å². The lowest BCUT2D eigenvalue weighted by molar-refractivity contribution is 0.327. The van der Waals surface area contributed by atoms with E-state index in [1.165, 1.54) is 0 Å². The first-order valence-electron chi connectivity index (χ1n) is 2.46. The average Bonchev–Trinajstić information content (AvgIpc) is 1.31. The summed E-state index contributed by atoms with van der Waals surface area (Å²) in [5.74, 6) is 0. The van der Waals surface area contributed by atoms with Gasteiger partial charge in [0.25, 0.3) is 0 Å². The third-order valence-corrected chi connectivity index (χ3v) is 1.00. The Morgan fingerprint density at radius 3 is 1.11 bits per heavy atom.